The number of aliphatic carboxylic acids is 1. The molecule has 0 unspecified atom stereocenters. The second kappa shape index (κ2) is 4.68. The molecule has 1 fully saturated rings. The lowest BCUT2D eigenvalue weighted by atomic mass is 9.76. The predicted molar refractivity (Wildman–Crippen MR) is 67.9 cm³/mol. The summed E-state index contributed by atoms with van der Waals surface area (Å²) < 4.78 is 0. The molecule has 1 aliphatic rings. The Hall–Kier alpha value is -1.43. The molecule has 0 aliphatic heterocycles. The molecule has 0 aromatic carbocycles. The summed E-state index contributed by atoms with van der Waals surface area (Å²) >= 11 is 1.34. The van der Waals surface area contributed by atoms with Gasteiger partial charge in [0.25, 0.3) is 5.91 Å². The molecule has 1 amide bonds. The van der Waals surface area contributed by atoms with Gasteiger partial charge in [0.15, 0.2) is 0 Å². The first-order valence-corrected chi connectivity index (χ1v) is 6.82. The van der Waals surface area contributed by atoms with E-state index in [-0.39, 0.29) is 5.91 Å². The highest BCUT2D eigenvalue weighted by Crippen LogP contribution is 2.33. The molecular weight excluding hydrogens is 252 g/mol. The zero-order valence-electron chi connectivity index (χ0n) is 10.4. The van der Waals surface area contributed by atoms with Crippen molar-refractivity contribution in [3.63, 3.8) is 0 Å². The van der Waals surface area contributed by atoms with Crippen molar-refractivity contribution in [1.82, 2.24) is 10.3 Å². The van der Waals surface area contributed by atoms with Gasteiger partial charge in [-0.15, -0.1) is 11.3 Å². The van der Waals surface area contributed by atoms with Crippen LogP contribution in [0.25, 0.3) is 0 Å². The quantitative estimate of drug-likeness (QED) is 0.872. The van der Waals surface area contributed by atoms with E-state index in [1.54, 1.807) is 6.92 Å². The van der Waals surface area contributed by atoms with Crippen molar-refractivity contribution in [2.45, 2.75) is 45.1 Å². The molecule has 2 N–H and O–H groups in total. The lowest BCUT2D eigenvalue weighted by molar-refractivity contribution is -0.148. The number of nitrogens with zero attached hydrogens (tertiary/aromatic N) is 1. The third-order valence-electron chi connectivity index (χ3n) is 3.32. The maximum atomic E-state index is 12.1. The smallest absolute Gasteiger partial charge is 0.329 e. The Labute approximate surface area is 109 Å². The van der Waals surface area contributed by atoms with Gasteiger partial charge in [-0.1, -0.05) is 6.92 Å². The first kappa shape index (κ1) is 13.0. The summed E-state index contributed by atoms with van der Waals surface area (Å²) in [6.07, 6.45) is 2.64. The van der Waals surface area contributed by atoms with E-state index in [0.29, 0.717) is 23.4 Å². The number of aryl methyl sites for hydroxylation is 2. The SMILES string of the molecule is CCc1nc(C)c(C(=O)NC2(C(=O)O)CCC2)s1. The van der Waals surface area contributed by atoms with Crippen LogP contribution in [0.2, 0.25) is 0 Å². The molecule has 1 aromatic rings. The predicted octanol–water partition coefficient (Wildman–Crippen LogP) is 1.75. The molecule has 0 saturated heterocycles. The van der Waals surface area contributed by atoms with E-state index in [9.17, 15) is 14.7 Å². The van der Waals surface area contributed by atoms with Gasteiger partial charge in [0.2, 0.25) is 0 Å². The van der Waals surface area contributed by atoms with E-state index in [0.717, 1.165) is 17.8 Å². The molecule has 1 aromatic heterocycles. The van der Waals surface area contributed by atoms with Crippen molar-refractivity contribution in [2.24, 2.45) is 0 Å². The third-order valence-corrected chi connectivity index (χ3v) is 4.62. The fraction of sp³-hybridized carbons (Fsp3) is 0.583. The second-order valence-electron chi connectivity index (χ2n) is 4.57. The second-order valence-corrected chi connectivity index (χ2v) is 5.65. The summed E-state index contributed by atoms with van der Waals surface area (Å²) in [6, 6.07) is 0. The van der Waals surface area contributed by atoms with E-state index in [2.05, 4.69) is 10.3 Å². The van der Waals surface area contributed by atoms with E-state index < -0.39 is 11.5 Å². The average molecular weight is 268 g/mol. The lowest BCUT2D eigenvalue weighted by Gasteiger charge is -2.38. The number of nitrogens with one attached hydrogen (secondary N) is 1. The minimum Gasteiger partial charge on any atom is -0.480 e. The number of carbonyl (C=O) groups excluding carboxylic acids is 1. The Balaban J connectivity index is 2.16. The first-order valence-electron chi connectivity index (χ1n) is 6.01. The van der Waals surface area contributed by atoms with Crippen LogP contribution in [0.5, 0.6) is 0 Å². The monoisotopic (exact) mass is 268 g/mol. The minimum atomic E-state index is -1.06. The molecule has 5 nitrogen and oxygen atoms in total. The fourth-order valence-electron chi connectivity index (χ4n) is 2.01. The first-order chi connectivity index (χ1) is 8.48. The topological polar surface area (TPSA) is 79.3 Å². The number of carboxylic acid groups (broad SMARTS) is 1. The Morgan fingerprint density at radius 1 is 1.50 bits per heavy atom. The zero-order chi connectivity index (χ0) is 13.3. The molecule has 98 valence electrons. The van der Waals surface area contributed by atoms with Crippen molar-refractivity contribution < 1.29 is 14.7 Å². The van der Waals surface area contributed by atoms with E-state index >= 15 is 0 Å². The molecule has 0 radical (unpaired) electrons. The summed E-state index contributed by atoms with van der Waals surface area (Å²) in [5.74, 6) is -1.26. The molecule has 1 saturated carbocycles. The number of hydrogen-bond acceptors (Lipinski definition) is 4. The maximum Gasteiger partial charge on any atom is 0.329 e. The molecule has 0 bridgehead atoms. The molecular formula is C12H16N2O3S. The summed E-state index contributed by atoms with van der Waals surface area (Å²) in [4.78, 5) is 28.1. The fourth-order valence-corrected chi connectivity index (χ4v) is 2.91. The molecule has 1 aliphatic carbocycles. The Bertz CT molecular complexity index is 492. The van der Waals surface area contributed by atoms with Crippen LogP contribution in [-0.4, -0.2) is 27.5 Å². The number of rotatable bonds is 4. The highest BCUT2D eigenvalue weighted by Gasteiger charge is 2.46. The van der Waals surface area contributed by atoms with Crippen LogP contribution in [0.4, 0.5) is 0 Å². The summed E-state index contributed by atoms with van der Waals surface area (Å²) in [5.41, 5.74) is -0.380. The van der Waals surface area contributed by atoms with Crippen molar-refractivity contribution in [3.8, 4) is 0 Å². The van der Waals surface area contributed by atoms with Crippen molar-refractivity contribution in [2.75, 3.05) is 0 Å². The number of carboxylic acids is 1. The van der Waals surface area contributed by atoms with Gasteiger partial charge in [0, 0.05) is 0 Å². The van der Waals surface area contributed by atoms with Crippen LogP contribution in [0.15, 0.2) is 0 Å². The lowest BCUT2D eigenvalue weighted by Crippen LogP contribution is -2.59. The van der Waals surface area contributed by atoms with Crippen LogP contribution < -0.4 is 5.32 Å². The highest BCUT2D eigenvalue weighted by molar-refractivity contribution is 7.13. The van der Waals surface area contributed by atoms with E-state index in [1.807, 2.05) is 6.92 Å². The minimum absolute atomic E-state index is 0.313. The highest BCUT2D eigenvalue weighted by atomic mass is 32.1. The molecule has 2 rings (SSSR count). The van der Waals surface area contributed by atoms with Gasteiger partial charge in [-0.05, 0) is 32.6 Å². The number of hydrogen-bond donors (Lipinski definition) is 2. The Morgan fingerprint density at radius 2 is 2.17 bits per heavy atom. The number of thiazole rings is 1. The zero-order valence-corrected chi connectivity index (χ0v) is 11.3. The van der Waals surface area contributed by atoms with Gasteiger partial charge in [-0.3, -0.25) is 4.79 Å². The number of amides is 1. The van der Waals surface area contributed by atoms with Gasteiger partial charge in [-0.25, -0.2) is 9.78 Å². The number of carbonyl (C=O) groups is 2. The Morgan fingerprint density at radius 3 is 2.56 bits per heavy atom. The Kier molecular flexibility index (Phi) is 3.38. The standard InChI is InChI=1S/C12H16N2O3S/c1-3-8-13-7(2)9(18-8)10(15)14-12(11(16)17)5-4-6-12/h3-6H2,1-2H3,(H,14,15)(H,16,17). The summed E-state index contributed by atoms with van der Waals surface area (Å²) in [7, 11) is 0. The van der Waals surface area contributed by atoms with Gasteiger partial charge in [0.1, 0.15) is 10.4 Å². The number of aromatic nitrogens is 1. The third kappa shape index (κ3) is 2.12. The van der Waals surface area contributed by atoms with Gasteiger partial charge in [0.05, 0.1) is 10.7 Å². The summed E-state index contributed by atoms with van der Waals surface area (Å²) in [5, 5.41) is 12.7. The summed E-state index contributed by atoms with van der Waals surface area (Å²) in [6.45, 7) is 3.75. The van der Waals surface area contributed by atoms with Gasteiger partial charge < -0.3 is 10.4 Å². The van der Waals surface area contributed by atoms with E-state index in [1.165, 1.54) is 11.3 Å². The molecule has 1 heterocycles. The molecule has 0 atom stereocenters. The van der Waals surface area contributed by atoms with Crippen LogP contribution in [-0.2, 0) is 11.2 Å². The van der Waals surface area contributed by atoms with Crippen molar-refractivity contribution >= 4 is 23.2 Å². The largest absolute Gasteiger partial charge is 0.480 e. The van der Waals surface area contributed by atoms with Crippen LogP contribution in [0, 0.1) is 6.92 Å². The van der Waals surface area contributed by atoms with Gasteiger partial charge >= 0.3 is 5.97 Å². The van der Waals surface area contributed by atoms with Crippen LogP contribution in [0.1, 0.15) is 46.6 Å². The van der Waals surface area contributed by atoms with Crippen LogP contribution >= 0.6 is 11.3 Å². The van der Waals surface area contributed by atoms with Crippen LogP contribution in [0.3, 0.4) is 0 Å². The molecule has 18 heavy (non-hydrogen) atoms. The average Bonchev–Trinajstić information content (AvgIpc) is 2.64. The molecule has 0 spiro atoms. The molecule has 6 heteroatoms. The van der Waals surface area contributed by atoms with Crippen molar-refractivity contribution in [1.29, 1.82) is 0 Å². The van der Waals surface area contributed by atoms with Gasteiger partial charge in [-0.2, -0.15) is 0 Å². The van der Waals surface area contributed by atoms with Crippen molar-refractivity contribution in [3.05, 3.63) is 15.6 Å². The van der Waals surface area contributed by atoms with E-state index in [4.69, 9.17) is 0 Å². The maximum absolute atomic E-state index is 12.1. The normalized spacial score (nSPS) is 17.0.